The zero-order valence-electron chi connectivity index (χ0n) is 10.7. The molecule has 2 heteroatoms. The number of unbranched alkanes of at least 4 members (excludes halogenated alkanes) is 2. The summed E-state index contributed by atoms with van der Waals surface area (Å²) in [6.07, 6.45) is 11.3. The van der Waals surface area contributed by atoms with Gasteiger partial charge in [-0.1, -0.05) is 25.8 Å². The molecule has 16 heavy (non-hydrogen) atoms. The number of nitrogens with one attached hydrogen (secondary N) is 1. The van der Waals surface area contributed by atoms with E-state index in [2.05, 4.69) is 30.3 Å². The maximum Gasteiger partial charge on any atom is 0.0368 e. The zero-order valence-corrected chi connectivity index (χ0v) is 10.7. The Balaban J connectivity index is 1.91. The van der Waals surface area contributed by atoms with Crippen LogP contribution in [0.25, 0.3) is 0 Å². The van der Waals surface area contributed by atoms with E-state index in [0.29, 0.717) is 0 Å². The maximum absolute atomic E-state index is 3.64. The molecule has 2 nitrogen and oxygen atoms in total. The van der Waals surface area contributed by atoms with Crippen molar-refractivity contribution in [2.75, 3.05) is 13.6 Å². The van der Waals surface area contributed by atoms with Gasteiger partial charge in [-0.15, -0.1) is 0 Å². The summed E-state index contributed by atoms with van der Waals surface area (Å²) in [5, 5.41) is 3.64. The Labute approximate surface area is 99.4 Å². The minimum absolute atomic E-state index is 1.13. The summed E-state index contributed by atoms with van der Waals surface area (Å²) in [7, 11) is 2.22. The van der Waals surface area contributed by atoms with Crippen molar-refractivity contribution in [1.29, 1.82) is 0 Å². The highest BCUT2D eigenvalue weighted by molar-refractivity contribution is 5.28. The van der Waals surface area contributed by atoms with Gasteiger partial charge in [0, 0.05) is 37.1 Å². The summed E-state index contributed by atoms with van der Waals surface area (Å²) < 4.78 is 0. The molecular weight excluding hydrogens is 196 g/mol. The second-order valence-corrected chi connectivity index (χ2v) is 4.87. The lowest BCUT2D eigenvalue weighted by Crippen LogP contribution is -2.30. The van der Waals surface area contributed by atoms with Gasteiger partial charge in [0.05, 0.1) is 0 Å². The lowest BCUT2D eigenvalue weighted by Gasteiger charge is -2.36. The third-order valence-electron chi connectivity index (χ3n) is 3.69. The van der Waals surface area contributed by atoms with Crippen molar-refractivity contribution in [1.82, 2.24) is 10.2 Å². The highest BCUT2D eigenvalue weighted by Crippen LogP contribution is 2.33. The van der Waals surface area contributed by atoms with E-state index in [4.69, 9.17) is 0 Å². The Morgan fingerprint density at radius 1 is 1.31 bits per heavy atom. The van der Waals surface area contributed by atoms with Crippen molar-refractivity contribution < 1.29 is 0 Å². The van der Waals surface area contributed by atoms with Gasteiger partial charge >= 0.3 is 0 Å². The molecule has 0 atom stereocenters. The molecule has 0 spiro atoms. The second-order valence-electron chi connectivity index (χ2n) is 4.87. The van der Waals surface area contributed by atoms with E-state index in [0.717, 1.165) is 13.0 Å². The zero-order chi connectivity index (χ0) is 11.4. The average molecular weight is 220 g/mol. The van der Waals surface area contributed by atoms with Crippen LogP contribution < -0.4 is 5.32 Å². The predicted octanol–water partition coefficient (Wildman–Crippen LogP) is 3.38. The van der Waals surface area contributed by atoms with Crippen molar-refractivity contribution in [3.8, 4) is 0 Å². The monoisotopic (exact) mass is 220 g/mol. The molecule has 0 saturated carbocycles. The molecule has 0 aromatic carbocycles. The van der Waals surface area contributed by atoms with E-state index in [1.807, 2.05) is 0 Å². The fourth-order valence-electron chi connectivity index (χ4n) is 2.66. The fourth-order valence-corrected chi connectivity index (χ4v) is 2.66. The van der Waals surface area contributed by atoms with Crippen molar-refractivity contribution in [3.05, 3.63) is 23.2 Å². The van der Waals surface area contributed by atoms with Crippen LogP contribution in [0.15, 0.2) is 23.2 Å². The van der Waals surface area contributed by atoms with Crippen LogP contribution in [-0.4, -0.2) is 18.5 Å². The number of rotatable bonds is 5. The smallest absolute Gasteiger partial charge is 0.0368 e. The Bertz CT molecular complexity index is 302. The molecule has 0 radical (unpaired) electrons. The summed E-state index contributed by atoms with van der Waals surface area (Å²) in [6.45, 7) is 3.40. The molecule has 2 heterocycles. The molecule has 0 aromatic heterocycles. The number of allylic oxidation sites excluding steroid dienone is 3. The van der Waals surface area contributed by atoms with E-state index in [-0.39, 0.29) is 0 Å². The van der Waals surface area contributed by atoms with Crippen LogP contribution >= 0.6 is 0 Å². The Kier molecular flexibility index (Phi) is 3.92. The summed E-state index contributed by atoms with van der Waals surface area (Å²) in [4.78, 5) is 2.40. The van der Waals surface area contributed by atoms with Gasteiger partial charge in [-0.05, 0) is 25.7 Å². The lowest BCUT2D eigenvalue weighted by molar-refractivity contribution is 0.395. The molecule has 1 saturated heterocycles. The SMILES string of the molecule is CCCCCNC1=C2CCCC(=CC1)N2C. The Hall–Kier alpha value is -0.920. The number of fused-ring (bicyclic) bond motifs is 2. The van der Waals surface area contributed by atoms with Gasteiger partial charge in [0.15, 0.2) is 0 Å². The Morgan fingerprint density at radius 2 is 2.19 bits per heavy atom. The van der Waals surface area contributed by atoms with E-state index >= 15 is 0 Å². The topological polar surface area (TPSA) is 15.3 Å². The van der Waals surface area contributed by atoms with E-state index in [1.165, 1.54) is 49.9 Å². The van der Waals surface area contributed by atoms with Crippen molar-refractivity contribution in [3.63, 3.8) is 0 Å². The molecule has 90 valence electrons. The normalized spacial score (nSPS) is 19.9. The molecule has 2 rings (SSSR count). The molecule has 0 unspecified atom stereocenters. The van der Waals surface area contributed by atoms with Crippen LogP contribution in [0.4, 0.5) is 0 Å². The van der Waals surface area contributed by atoms with Crippen molar-refractivity contribution in [2.24, 2.45) is 0 Å². The van der Waals surface area contributed by atoms with Gasteiger partial charge in [0.1, 0.15) is 0 Å². The van der Waals surface area contributed by atoms with Gasteiger partial charge < -0.3 is 10.2 Å². The molecule has 0 aliphatic carbocycles. The van der Waals surface area contributed by atoms with Crippen molar-refractivity contribution in [2.45, 2.75) is 51.9 Å². The van der Waals surface area contributed by atoms with Gasteiger partial charge in [0.25, 0.3) is 0 Å². The highest BCUT2D eigenvalue weighted by Gasteiger charge is 2.22. The summed E-state index contributed by atoms with van der Waals surface area (Å²) >= 11 is 0. The molecule has 1 N–H and O–H groups in total. The van der Waals surface area contributed by atoms with Gasteiger partial charge in [0.2, 0.25) is 0 Å². The fraction of sp³-hybridized carbons (Fsp3) is 0.714. The molecule has 0 aromatic rings. The third kappa shape index (κ3) is 2.42. The number of hydrogen-bond donors (Lipinski definition) is 1. The number of piperidine rings is 1. The van der Waals surface area contributed by atoms with Crippen LogP contribution in [0, 0.1) is 0 Å². The number of hydrogen-bond acceptors (Lipinski definition) is 2. The average Bonchev–Trinajstić information content (AvgIpc) is 2.27. The predicted molar refractivity (Wildman–Crippen MR) is 68.9 cm³/mol. The van der Waals surface area contributed by atoms with Crippen LogP contribution in [0.1, 0.15) is 51.9 Å². The Morgan fingerprint density at radius 3 is 3.00 bits per heavy atom. The molecule has 2 aliphatic rings. The molecule has 2 aliphatic heterocycles. The van der Waals surface area contributed by atoms with E-state index in [9.17, 15) is 0 Å². The van der Waals surface area contributed by atoms with Crippen molar-refractivity contribution >= 4 is 0 Å². The van der Waals surface area contributed by atoms with Gasteiger partial charge in [-0.2, -0.15) is 0 Å². The summed E-state index contributed by atoms with van der Waals surface area (Å²) in [6, 6.07) is 0. The van der Waals surface area contributed by atoms with E-state index in [1.54, 1.807) is 5.70 Å². The summed E-state index contributed by atoms with van der Waals surface area (Å²) in [5.41, 5.74) is 4.54. The largest absolute Gasteiger partial charge is 0.387 e. The first-order valence-corrected chi connectivity index (χ1v) is 6.71. The first-order chi connectivity index (χ1) is 7.83. The quantitative estimate of drug-likeness (QED) is 0.715. The first kappa shape index (κ1) is 11.6. The first-order valence-electron chi connectivity index (χ1n) is 6.71. The highest BCUT2D eigenvalue weighted by atomic mass is 15.2. The molecule has 1 fully saturated rings. The van der Waals surface area contributed by atoms with Crippen LogP contribution in [0.2, 0.25) is 0 Å². The second kappa shape index (κ2) is 5.42. The molecular formula is C14H24N2. The summed E-state index contributed by atoms with van der Waals surface area (Å²) in [5.74, 6) is 0. The minimum Gasteiger partial charge on any atom is -0.387 e. The van der Waals surface area contributed by atoms with Crippen LogP contribution in [0.3, 0.4) is 0 Å². The van der Waals surface area contributed by atoms with Gasteiger partial charge in [-0.3, -0.25) is 0 Å². The van der Waals surface area contributed by atoms with Crippen LogP contribution in [0.5, 0.6) is 0 Å². The van der Waals surface area contributed by atoms with Gasteiger partial charge in [-0.25, -0.2) is 0 Å². The third-order valence-corrected chi connectivity index (χ3v) is 3.69. The standard InChI is InChI=1S/C14H24N2/c1-3-4-5-11-15-13-10-9-12-7-6-8-14(13)16(12)2/h9,15H,3-8,10-11H2,1-2H3. The lowest BCUT2D eigenvalue weighted by atomic mass is 9.96. The molecule has 2 bridgehead atoms. The number of nitrogens with zero attached hydrogens (tertiary/aromatic N) is 1. The maximum atomic E-state index is 3.64. The van der Waals surface area contributed by atoms with Crippen LogP contribution in [-0.2, 0) is 0 Å². The minimum atomic E-state index is 1.13. The van der Waals surface area contributed by atoms with E-state index < -0.39 is 0 Å². The molecule has 0 amide bonds.